The number of ether oxygens (including phenoxy) is 1. The van der Waals surface area contributed by atoms with Gasteiger partial charge < -0.3 is 4.74 Å². The minimum atomic E-state index is -4.56. The van der Waals surface area contributed by atoms with Crippen LogP contribution >= 0.6 is 34.8 Å². The maximum atomic E-state index is 12.9. The maximum absolute atomic E-state index is 12.9. The monoisotopic (exact) mass is 503 g/mol. The molecule has 2 aromatic carbocycles. The molecular weight excluding hydrogens is 494 g/mol. The topological polar surface area (TPSA) is 80.3 Å². The van der Waals surface area contributed by atoms with E-state index in [4.69, 9.17) is 39.5 Å². The third kappa shape index (κ3) is 5.82. The third-order valence-electron chi connectivity index (χ3n) is 3.88. The largest absolute Gasteiger partial charge is 0.454 e. The van der Waals surface area contributed by atoms with E-state index in [-0.39, 0.29) is 37.9 Å². The average Bonchev–Trinajstić information content (AvgIpc) is 2.70. The zero-order valence-electron chi connectivity index (χ0n) is 15.6. The molecule has 0 aliphatic carbocycles. The summed E-state index contributed by atoms with van der Waals surface area (Å²) in [5.41, 5.74) is -0.997. The Morgan fingerprint density at radius 3 is 2.22 bits per heavy atom. The first-order chi connectivity index (χ1) is 15.0. The quantitative estimate of drug-likeness (QED) is 0.409. The molecule has 6 nitrogen and oxygen atoms in total. The zero-order chi connectivity index (χ0) is 23.5. The van der Waals surface area contributed by atoms with Gasteiger partial charge in [-0.3, -0.25) is 15.4 Å². The molecule has 0 radical (unpaired) electrons. The lowest BCUT2D eigenvalue weighted by Crippen LogP contribution is -2.34. The number of hydrogen-bond acceptors (Lipinski definition) is 4. The molecule has 0 spiro atoms. The predicted octanol–water partition coefficient (Wildman–Crippen LogP) is 6.81. The lowest BCUT2D eigenvalue weighted by Gasteiger charge is -2.12. The van der Waals surface area contributed by atoms with E-state index in [9.17, 15) is 22.8 Å². The average molecular weight is 505 g/mol. The van der Waals surface area contributed by atoms with Gasteiger partial charge in [0.1, 0.15) is 17.3 Å². The summed E-state index contributed by atoms with van der Waals surface area (Å²) in [7, 11) is 0. The van der Waals surface area contributed by atoms with Crippen molar-refractivity contribution in [2.75, 3.05) is 5.32 Å². The smallest absolute Gasteiger partial charge is 0.416 e. The molecule has 1 aromatic heterocycles. The van der Waals surface area contributed by atoms with E-state index >= 15 is 0 Å². The maximum Gasteiger partial charge on any atom is 0.416 e. The number of carbonyl (C=O) groups excluding carboxylic acids is 2. The number of anilines is 1. The Hall–Kier alpha value is -3.01. The number of halogens is 6. The molecule has 3 rings (SSSR count). The van der Waals surface area contributed by atoms with Crippen molar-refractivity contribution < 1.29 is 27.5 Å². The third-order valence-corrected chi connectivity index (χ3v) is 4.82. The Balaban J connectivity index is 1.65. The standard InChI is InChI=1S/C20H11Cl3F3N3O3/c21-12-6-4-10(20(24,25)26)8-15(12)32-11-5-7-16(27-9-11)28-19(31)29-18(30)17-13(22)2-1-3-14(17)23/h1-9H,(H2,27,28,29,30,31). The Morgan fingerprint density at radius 1 is 0.938 bits per heavy atom. The highest BCUT2D eigenvalue weighted by molar-refractivity contribution is 6.40. The Morgan fingerprint density at radius 2 is 1.62 bits per heavy atom. The number of rotatable bonds is 4. The number of benzene rings is 2. The van der Waals surface area contributed by atoms with Crippen molar-refractivity contribution in [2.45, 2.75) is 6.18 Å². The fraction of sp³-hybridized carbons (Fsp3) is 0.0500. The van der Waals surface area contributed by atoms with Crippen molar-refractivity contribution in [2.24, 2.45) is 0 Å². The SMILES string of the molecule is O=C(NC(=O)c1c(Cl)cccc1Cl)Nc1ccc(Oc2cc(C(F)(F)F)ccc2Cl)cn1. The van der Waals surface area contributed by atoms with Crippen molar-refractivity contribution in [3.63, 3.8) is 0 Å². The van der Waals surface area contributed by atoms with Gasteiger partial charge in [-0.05, 0) is 42.5 Å². The van der Waals surface area contributed by atoms with Gasteiger partial charge in [0.2, 0.25) is 0 Å². The summed E-state index contributed by atoms with van der Waals surface area (Å²) in [5, 5.41) is 4.47. The second-order valence-corrected chi connectivity index (χ2v) is 7.35. The fourth-order valence-electron chi connectivity index (χ4n) is 2.43. The van der Waals surface area contributed by atoms with E-state index in [0.717, 1.165) is 24.4 Å². The Bertz CT molecular complexity index is 1150. The van der Waals surface area contributed by atoms with E-state index < -0.39 is 23.7 Å². The van der Waals surface area contributed by atoms with Gasteiger partial charge in [-0.2, -0.15) is 13.2 Å². The summed E-state index contributed by atoms with van der Waals surface area (Å²) in [4.78, 5) is 28.2. The molecule has 3 aromatic rings. The first-order valence-corrected chi connectivity index (χ1v) is 9.75. The van der Waals surface area contributed by atoms with E-state index in [1.807, 2.05) is 0 Å². The minimum Gasteiger partial charge on any atom is -0.454 e. The highest BCUT2D eigenvalue weighted by Crippen LogP contribution is 2.36. The van der Waals surface area contributed by atoms with Crippen molar-refractivity contribution in [3.8, 4) is 11.5 Å². The molecule has 0 bridgehead atoms. The van der Waals surface area contributed by atoms with Crippen LogP contribution < -0.4 is 15.4 Å². The van der Waals surface area contributed by atoms with Crippen LogP contribution in [0.1, 0.15) is 15.9 Å². The number of urea groups is 1. The van der Waals surface area contributed by atoms with Gasteiger partial charge in [-0.25, -0.2) is 9.78 Å². The Kier molecular flexibility index (Phi) is 7.12. The summed E-state index contributed by atoms with van der Waals surface area (Å²) in [6.45, 7) is 0. The number of aromatic nitrogens is 1. The summed E-state index contributed by atoms with van der Waals surface area (Å²) >= 11 is 17.7. The van der Waals surface area contributed by atoms with Gasteiger partial charge in [0.15, 0.2) is 0 Å². The summed E-state index contributed by atoms with van der Waals surface area (Å²) in [6, 6.07) is 8.82. The van der Waals surface area contributed by atoms with Crippen LogP contribution in [-0.2, 0) is 6.18 Å². The molecule has 0 aliphatic rings. The number of nitrogens with zero attached hydrogens (tertiary/aromatic N) is 1. The molecule has 32 heavy (non-hydrogen) atoms. The second-order valence-electron chi connectivity index (χ2n) is 6.13. The predicted molar refractivity (Wildman–Crippen MR) is 114 cm³/mol. The van der Waals surface area contributed by atoms with Crippen LogP contribution in [0.2, 0.25) is 15.1 Å². The van der Waals surface area contributed by atoms with Gasteiger partial charge in [0.25, 0.3) is 5.91 Å². The second kappa shape index (κ2) is 9.64. The summed E-state index contributed by atoms with van der Waals surface area (Å²) in [5.74, 6) is -0.944. The Labute approximate surface area is 194 Å². The molecule has 0 saturated heterocycles. The number of alkyl halides is 3. The molecule has 1 heterocycles. The number of hydrogen-bond donors (Lipinski definition) is 2. The normalized spacial score (nSPS) is 11.1. The van der Waals surface area contributed by atoms with Gasteiger partial charge in [-0.15, -0.1) is 0 Å². The number of imide groups is 1. The number of amides is 3. The minimum absolute atomic E-state index is 0.0306. The number of carbonyl (C=O) groups is 2. The van der Waals surface area contributed by atoms with Crippen LogP contribution in [0.3, 0.4) is 0 Å². The van der Waals surface area contributed by atoms with Gasteiger partial charge in [-0.1, -0.05) is 40.9 Å². The highest BCUT2D eigenvalue weighted by atomic mass is 35.5. The first-order valence-electron chi connectivity index (χ1n) is 8.61. The first kappa shape index (κ1) is 23.6. The van der Waals surface area contributed by atoms with Crippen LogP contribution in [-0.4, -0.2) is 16.9 Å². The molecule has 2 N–H and O–H groups in total. The van der Waals surface area contributed by atoms with Crippen LogP contribution in [0.4, 0.5) is 23.8 Å². The van der Waals surface area contributed by atoms with Gasteiger partial charge in [0, 0.05) is 0 Å². The molecule has 0 unspecified atom stereocenters. The van der Waals surface area contributed by atoms with Crippen LogP contribution in [0, 0.1) is 0 Å². The van der Waals surface area contributed by atoms with E-state index in [2.05, 4.69) is 15.6 Å². The van der Waals surface area contributed by atoms with Crippen molar-refractivity contribution in [1.29, 1.82) is 0 Å². The van der Waals surface area contributed by atoms with Crippen molar-refractivity contribution in [3.05, 3.63) is 80.9 Å². The van der Waals surface area contributed by atoms with Crippen LogP contribution in [0.25, 0.3) is 0 Å². The number of nitrogens with one attached hydrogen (secondary N) is 2. The van der Waals surface area contributed by atoms with Crippen LogP contribution in [0.5, 0.6) is 11.5 Å². The molecule has 0 aliphatic heterocycles. The summed E-state index contributed by atoms with van der Waals surface area (Å²) < 4.78 is 43.9. The van der Waals surface area contributed by atoms with Crippen LogP contribution in [0.15, 0.2) is 54.7 Å². The summed E-state index contributed by atoms with van der Waals surface area (Å²) in [6.07, 6.45) is -3.41. The molecule has 3 amide bonds. The van der Waals surface area contributed by atoms with E-state index in [1.165, 1.54) is 24.3 Å². The lowest BCUT2D eigenvalue weighted by molar-refractivity contribution is -0.137. The van der Waals surface area contributed by atoms with E-state index in [0.29, 0.717) is 0 Å². The van der Waals surface area contributed by atoms with Gasteiger partial charge >= 0.3 is 12.2 Å². The molecule has 0 fully saturated rings. The zero-order valence-corrected chi connectivity index (χ0v) is 17.9. The fourth-order valence-corrected chi connectivity index (χ4v) is 3.15. The molecule has 0 atom stereocenters. The highest BCUT2D eigenvalue weighted by Gasteiger charge is 2.31. The lowest BCUT2D eigenvalue weighted by atomic mass is 10.2. The molecule has 166 valence electrons. The molecule has 12 heteroatoms. The van der Waals surface area contributed by atoms with Crippen molar-refractivity contribution >= 4 is 52.6 Å². The van der Waals surface area contributed by atoms with Gasteiger partial charge in [0.05, 0.1) is 32.4 Å². The number of pyridine rings is 1. The molecule has 0 saturated carbocycles. The van der Waals surface area contributed by atoms with Crippen molar-refractivity contribution in [1.82, 2.24) is 10.3 Å². The van der Waals surface area contributed by atoms with E-state index in [1.54, 1.807) is 6.07 Å². The molecular formula is C20H11Cl3F3N3O3.